The molecule has 0 atom stereocenters. The van der Waals surface area contributed by atoms with Crippen LogP contribution in [-0.4, -0.2) is 37.7 Å². The number of fused-ring (bicyclic) bond motifs is 1. The Hall–Kier alpha value is -1.93. The normalized spacial score (nSPS) is 14.3. The van der Waals surface area contributed by atoms with Crippen LogP contribution in [0.25, 0.3) is 0 Å². The molecule has 1 aliphatic heterocycles. The zero-order valence-corrected chi connectivity index (χ0v) is 9.95. The third kappa shape index (κ3) is 2.34. The lowest BCUT2D eigenvalue weighted by molar-refractivity contribution is 0.0879. The van der Waals surface area contributed by atoms with Gasteiger partial charge < -0.3 is 5.11 Å². The highest BCUT2D eigenvalue weighted by Gasteiger charge is 2.27. The predicted molar refractivity (Wildman–Crippen MR) is 62.7 cm³/mol. The molecule has 1 aromatic carbocycles. The van der Waals surface area contributed by atoms with Gasteiger partial charge in [-0.2, -0.15) is 0 Å². The predicted octanol–water partition coefficient (Wildman–Crippen LogP) is -0.696. The Morgan fingerprint density at radius 1 is 1.17 bits per heavy atom. The molecule has 0 bridgehead atoms. The molecule has 0 unspecified atom stereocenters. The molecule has 1 aliphatic rings. The molecule has 8 heteroatoms. The SMILES string of the molecule is O=C1NC(=O)c2cc(NS(=O)(=O)CCO)ccc21. The van der Waals surface area contributed by atoms with Gasteiger partial charge in [-0.1, -0.05) is 0 Å². The first-order valence-corrected chi connectivity index (χ1v) is 6.69. The zero-order valence-electron chi connectivity index (χ0n) is 9.13. The number of hydrogen-bond acceptors (Lipinski definition) is 5. The van der Waals surface area contributed by atoms with Gasteiger partial charge in [-0.25, -0.2) is 8.42 Å². The molecule has 0 aromatic heterocycles. The second-order valence-electron chi connectivity index (χ2n) is 3.69. The zero-order chi connectivity index (χ0) is 13.3. The van der Waals surface area contributed by atoms with Crippen LogP contribution < -0.4 is 10.0 Å². The summed E-state index contributed by atoms with van der Waals surface area (Å²) in [5.41, 5.74) is 0.515. The minimum Gasteiger partial charge on any atom is -0.395 e. The first kappa shape index (κ1) is 12.5. The molecule has 7 nitrogen and oxygen atoms in total. The monoisotopic (exact) mass is 270 g/mol. The van der Waals surface area contributed by atoms with Crippen LogP contribution in [0.1, 0.15) is 20.7 Å². The highest BCUT2D eigenvalue weighted by Crippen LogP contribution is 2.20. The van der Waals surface area contributed by atoms with E-state index in [9.17, 15) is 18.0 Å². The standard InChI is InChI=1S/C10H10N2O5S/c13-3-4-18(16,17)12-6-1-2-7-8(5-6)10(15)11-9(7)14/h1-2,5,12-13H,3-4H2,(H,11,14,15). The number of benzene rings is 1. The molecule has 0 fully saturated rings. The second-order valence-corrected chi connectivity index (χ2v) is 5.53. The smallest absolute Gasteiger partial charge is 0.259 e. The highest BCUT2D eigenvalue weighted by atomic mass is 32.2. The number of carbonyl (C=O) groups is 2. The number of rotatable bonds is 4. The van der Waals surface area contributed by atoms with Gasteiger partial charge in [0.05, 0.1) is 23.5 Å². The fourth-order valence-electron chi connectivity index (χ4n) is 1.58. The highest BCUT2D eigenvalue weighted by molar-refractivity contribution is 7.92. The molecule has 0 aliphatic carbocycles. The maximum absolute atomic E-state index is 11.4. The van der Waals surface area contributed by atoms with E-state index >= 15 is 0 Å². The molecule has 1 heterocycles. The summed E-state index contributed by atoms with van der Waals surface area (Å²) in [5.74, 6) is -1.49. The van der Waals surface area contributed by atoms with Crippen molar-refractivity contribution in [2.24, 2.45) is 0 Å². The summed E-state index contributed by atoms with van der Waals surface area (Å²) in [6.45, 7) is -0.501. The molecule has 18 heavy (non-hydrogen) atoms. The van der Waals surface area contributed by atoms with E-state index in [0.29, 0.717) is 0 Å². The molecule has 0 saturated carbocycles. The van der Waals surface area contributed by atoms with E-state index in [-0.39, 0.29) is 16.8 Å². The summed E-state index contributed by atoms with van der Waals surface area (Å²) in [5, 5.41) is 10.7. The second kappa shape index (κ2) is 4.39. The van der Waals surface area contributed by atoms with E-state index in [0.717, 1.165) is 0 Å². The van der Waals surface area contributed by atoms with Crippen molar-refractivity contribution in [3.05, 3.63) is 29.3 Å². The summed E-state index contributed by atoms with van der Waals surface area (Å²) in [4.78, 5) is 22.6. The largest absolute Gasteiger partial charge is 0.395 e. The van der Waals surface area contributed by atoms with Gasteiger partial charge in [0.1, 0.15) is 0 Å². The molecule has 0 saturated heterocycles. The van der Waals surface area contributed by atoms with Gasteiger partial charge in [-0.05, 0) is 18.2 Å². The van der Waals surface area contributed by atoms with Crippen LogP contribution in [-0.2, 0) is 10.0 Å². The first-order chi connectivity index (χ1) is 8.43. The summed E-state index contributed by atoms with van der Waals surface area (Å²) < 4.78 is 25.0. The third-order valence-electron chi connectivity index (χ3n) is 2.37. The van der Waals surface area contributed by atoms with Crippen LogP contribution in [0.3, 0.4) is 0 Å². The van der Waals surface area contributed by atoms with Gasteiger partial charge in [0, 0.05) is 5.69 Å². The number of hydrogen-bond donors (Lipinski definition) is 3. The Balaban J connectivity index is 2.31. The number of imide groups is 1. The molecule has 2 amide bonds. The van der Waals surface area contributed by atoms with Crippen LogP contribution in [0.2, 0.25) is 0 Å². The van der Waals surface area contributed by atoms with Crippen LogP contribution in [0.5, 0.6) is 0 Å². The van der Waals surface area contributed by atoms with Crippen molar-refractivity contribution in [2.75, 3.05) is 17.1 Å². The van der Waals surface area contributed by atoms with Crippen LogP contribution in [0.15, 0.2) is 18.2 Å². The summed E-state index contributed by atoms with van der Waals surface area (Å²) >= 11 is 0. The van der Waals surface area contributed by atoms with E-state index in [1.54, 1.807) is 0 Å². The molecular weight excluding hydrogens is 260 g/mol. The van der Waals surface area contributed by atoms with Crippen molar-refractivity contribution in [1.82, 2.24) is 5.32 Å². The number of amides is 2. The molecule has 96 valence electrons. The van der Waals surface area contributed by atoms with Crippen molar-refractivity contribution in [2.45, 2.75) is 0 Å². The van der Waals surface area contributed by atoms with Crippen LogP contribution in [0.4, 0.5) is 5.69 Å². The van der Waals surface area contributed by atoms with Gasteiger partial charge in [0.15, 0.2) is 0 Å². The quantitative estimate of drug-likeness (QED) is 0.626. The molecular formula is C10H10N2O5S. The summed E-state index contributed by atoms with van der Waals surface area (Å²) in [6.07, 6.45) is 0. The number of anilines is 1. The number of carbonyl (C=O) groups excluding carboxylic acids is 2. The van der Waals surface area contributed by atoms with Gasteiger partial charge in [-0.3, -0.25) is 19.6 Å². The van der Waals surface area contributed by atoms with Crippen molar-refractivity contribution < 1.29 is 23.1 Å². The average molecular weight is 270 g/mol. The minimum absolute atomic E-state index is 0.129. The lowest BCUT2D eigenvalue weighted by atomic mass is 10.1. The maximum Gasteiger partial charge on any atom is 0.259 e. The number of aliphatic hydroxyl groups excluding tert-OH is 1. The van der Waals surface area contributed by atoms with Crippen molar-refractivity contribution >= 4 is 27.5 Å². The van der Waals surface area contributed by atoms with Gasteiger partial charge >= 0.3 is 0 Å². The average Bonchev–Trinajstić information content (AvgIpc) is 2.53. The Bertz CT molecular complexity index is 623. The maximum atomic E-state index is 11.4. The summed E-state index contributed by atoms with van der Waals surface area (Å²) in [6, 6.07) is 4.03. The first-order valence-electron chi connectivity index (χ1n) is 5.04. The van der Waals surface area contributed by atoms with E-state index in [1.165, 1.54) is 18.2 Å². The van der Waals surface area contributed by atoms with Crippen molar-refractivity contribution in [3.63, 3.8) is 0 Å². The fraction of sp³-hybridized carbons (Fsp3) is 0.200. The van der Waals surface area contributed by atoms with E-state index < -0.39 is 34.2 Å². The number of nitrogens with one attached hydrogen (secondary N) is 2. The number of aliphatic hydroxyl groups is 1. The topological polar surface area (TPSA) is 113 Å². The summed E-state index contributed by atoms with van der Waals surface area (Å²) in [7, 11) is -3.65. The molecule has 3 N–H and O–H groups in total. The van der Waals surface area contributed by atoms with E-state index in [4.69, 9.17) is 5.11 Å². The van der Waals surface area contributed by atoms with Gasteiger partial charge in [-0.15, -0.1) is 0 Å². The molecule has 2 rings (SSSR count). The lowest BCUT2D eigenvalue weighted by Crippen LogP contribution is -2.20. The molecule has 0 radical (unpaired) electrons. The number of sulfonamides is 1. The van der Waals surface area contributed by atoms with E-state index in [2.05, 4.69) is 10.0 Å². The lowest BCUT2D eigenvalue weighted by Gasteiger charge is -2.07. The minimum atomic E-state index is -3.65. The third-order valence-corrected chi connectivity index (χ3v) is 3.64. The van der Waals surface area contributed by atoms with Gasteiger partial charge in [0.25, 0.3) is 11.8 Å². The molecule has 0 spiro atoms. The van der Waals surface area contributed by atoms with Crippen molar-refractivity contribution in [3.8, 4) is 0 Å². The fourth-order valence-corrected chi connectivity index (χ4v) is 2.41. The Labute approximate surface area is 103 Å². The van der Waals surface area contributed by atoms with Crippen LogP contribution in [0, 0.1) is 0 Å². The van der Waals surface area contributed by atoms with Crippen molar-refractivity contribution in [1.29, 1.82) is 0 Å². The Morgan fingerprint density at radius 2 is 1.83 bits per heavy atom. The Kier molecular flexibility index (Phi) is 3.05. The van der Waals surface area contributed by atoms with E-state index in [1.807, 2.05) is 0 Å². The van der Waals surface area contributed by atoms with Gasteiger partial charge in [0.2, 0.25) is 10.0 Å². The van der Waals surface area contributed by atoms with Crippen LogP contribution >= 0.6 is 0 Å². The Morgan fingerprint density at radius 3 is 2.50 bits per heavy atom. The molecule has 1 aromatic rings.